The molecule has 1 aliphatic rings. The van der Waals surface area contributed by atoms with Crippen molar-refractivity contribution in [3.63, 3.8) is 0 Å². The van der Waals surface area contributed by atoms with Crippen molar-refractivity contribution in [3.8, 4) is 5.75 Å². The summed E-state index contributed by atoms with van der Waals surface area (Å²) in [6, 6.07) is 1.61. The summed E-state index contributed by atoms with van der Waals surface area (Å²) >= 11 is 0. The molecular formula is C16H25N3O2. The molecule has 21 heavy (non-hydrogen) atoms. The molecule has 1 heterocycles. The average molecular weight is 291 g/mol. The summed E-state index contributed by atoms with van der Waals surface area (Å²) in [6.45, 7) is 0.776. The fourth-order valence-electron chi connectivity index (χ4n) is 3.12. The largest absolute Gasteiger partial charge is 0.506 e. The lowest BCUT2D eigenvalue weighted by molar-refractivity contribution is -0.126. The van der Waals surface area contributed by atoms with E-state index in [4.69, 9.17) is 5.73 Å². The maximum atomic E-state index is 12.4. The van der Waals surface area contributed by atoms with Crippen LogP contribution in [0.2, 0.25) is 0 Å². The summed E-state index contributed by atoms with van der Waals surface area (Å²) in [6.07, 6.45) is 10.2. The van der Waals surface area contributed by atoms with Crippen molar-refractivity contribution in [2.24, 2.45) is 17.6 Å². The Morgan fingerprint density at radius 2 is 2.05 bits per heavy atom. The molecule has 1 aromatic heterocycles. The molecule has 116 valence electrons. The molecule has 0 saturated heterocycles. The Hall–Kier alpha value is -1.62. The quantitative estimate of drug-likeness (QED) is 0.723. The Labute approximate surface area is 126 Å². The normalized spacial score (nSPS) is 18.0. The van der Waals surface area contributed by atoms with Crippen LogP contribution in [0.4, 0.5) is 0 Å². The molecule has 2 rings (SSSR count). The number of rotatable bonds is 5. The summed E-state index contributed by atoms with van der Waals surface area (Å²) in [7, 11) is 0. The highest BCUT2D eigenvalue weighted by Crippen LogP contribution is 2.28. The van der Waals surface area contributed by atoms with Crippen LogP contribution in [0, 0.1) is 11.8 Å². The van der Waals surface area contributed by atoms with Gasteiger partial charge in [0.15, 0.2) is 0 Å². The van der Waals surface area contributed by atoms with E-state index in [1.54, 1.807) is 12.3 Å². The zero-order valence-corrected chi connectivity index (χ0v) is 12.4. The first-order valence-electron chi connectivity index (χ1n) is 7.81. The highest BCUT2D eigenvalue weighted by molar-refractivity contribution is 5.79. The van der Waals surface area contributed by atoms with E-state index in [0.717, 1.165) is 18.4 Å². The molecule has 1 saturated carbocycles. The van der Waals surface area contributed by atoms with Crippen LogP contribution in [-0.4, -0.2) is 22.5 Å². The second-order valence-corrected chi connectivity index (χ2v) is 5.86. The number of hydrogen-bond acceptors (Lipinski definition) is 4. The van der Waals surface area contributed by atoms with E-state index in [-0.39, 0.29) is 17.6 Å². The van der Waals surface area contributed by atoms with E-state index in [2.05, 4.69) is 10.3 Å². The van der Waals surface area contributed by atoms with Gasteiger partial charge in [0.25, 0.3) is 0 Å². The van der Waals surface area contributed by atoms with E-state index in [1.807, 2.05) is 0 Å². The summed E-state index contributed by atoms with van der Waals surface area (Å²) in [4.78, 5) is 16.3. The minimum atomic E-state index is -0.103. The van der Waals surface area contributed by atoms with Crippen molar-refractivity contribution in [3.05, 3.63) is 24.0 Å². The van der Waals surface area contributed by atoms with Gasteiger partial charge in [0, 0.05) is 19.3 Å². The zero-order valence-electron chi connectivity index (χ0n) is 12.4. The standard InChI is InChI=1S/C16H25N3O2/c17-8-15(13-5-3-1-2-4-6-13)16(21)19-10-12-7-14(20)11-18-9-12/h7,9,11,13,15,20H,1-6,8,10,17H2,(H,19,21). The molecule has 0 aliphatic heterocycles. The van der Waals surface area contributed by atoms with Gasteiger partial charge in [-0.3, -0.25) is 9.78 Å². The fraction of sp³-hybridized carbons (Fsp3) is 0.625. The Bertz CT molecular complexity index is 457. The van der Waals surface area contributed by atoms with Gasteiger partial charge in [-0.25, -0.2) is 0 Å². The zero-order chi connectivity index (χ0) is 15.1. The van der Waals surface area contributed by atoms with Gasteiger partial charge >= 0.3 is 0 Å². The molecule has 1 aromatic rings. The maximum Gasteiger partial charge on any atom is 0.224 e. The van der Waals surface area contributed by atoms with E-state index in [0.29, 0.717) is 19.0 Å². The van der Waals surface area contributed by atoms with Gasteiger partial charge in [-0.15, -0.1) is 0 Å². The molecule has 1 amide bonds. The van der Waals surface area contributed by atoms with Crippen molar-refractivity contribution in [2.45, 2.75) is 45.1 Å². The highest BCUT2D eigenvalue weighted by atomic mass is 16.3. The lowest BCUT2D eigenvalue weighted by Gasteiger charge is -2.24. The van der Waals surface area contributed by atoms with E-state index in [1.165, 1.54) is 31.9 Å². The summed E-state index contributed by atoms with van der Waals surface area (Å²) in [5.74, 6) is 0.432. The smallest absolute Gasteiger partial charge is 0.224 e. The van der Waals surface area contributed by atoms with E-state index < -0.39 is 0 Å². The molecular weight excluding hydrogens is 266 g/mol. The van der Waals surface area contributed by atoms with Gasteiger partial charge < -0.3 is 16.2 Å². The molecule has 0 bridgehead atoms. The number of aromatic nitrogens is 1. The van der Waals surface area contributed by atoms with Crippen molar-refractivity contribution < 1.29 is 9.90 Å². The lowest BCUT2D eigenvalue weighted by Crippen LogP contribution is -2.39. The number of pyridine rings is 1. The van der Waals surface area contributed by atoms with Crippen LogP contribution in [0.5, 0.6) is 5.75 Å². The van der Waals surface area contributed by atoms with Crippen molar-refractivity contribution in [2.75, 3.05) is 6.54 Å². The van der Waals surface area contributed by atoms with Crippen molar-refractivity contribution in [1.82, 2.24) is 10.3 Å². The summed E-state index contributed by atoms with van der Waals surface area (Å²) < 4.78 is 0. The molecule has 4 N–H and O–H groups in total. The number of carbonyl (C=O) groups is 1. The van der Waals surface area contributed by atoms with Crippen LogP contribution in [0.3, 0.4) is 0 Å². The van der Waals surface area contributed by atoms with Crippen LogP contribution in [-0.2, 0) is 11.3 Å². The molecule has 1 fully saturated rings. The van der Waals surface area contributed by atoms with Gasteiger partial charge in [0.05, 0.1) is 12.1 Å². The Morgan fingerprint density at radius 3 is 2.67 bits per heavy atom. The highest BCUT2D eigenvalue weighted by Gasteiger charge is 2.27. The van der Waals surface area contributed by atoms with Gasteiger partial charge in [0.1, 0.15) is 5.75 Å². The number of hydrogen-bond donors (Lipinski definition) is 3. The predicted octanol–water partition coefficient (Wildman–Crippen LogP) is 1.95. The van der Waals surface area contributed by atoms with Crippen LogP contribution in [0.15, 0.2) is 18.5 Å². The predicted molar refractivity (Wildman–Crippen MR) is 81.5 cm³/mol. The fourth-order valence-corrected chi connectivity index (χ4v) is 3.12. The van der Waals surface area contributed by atoms with Gasteiger partial charge in [-0.1, -0.05) is 25.7 Å². The minimum absolute atomic E-state index is 0.0211. The van der Waals surface area contributed by atoms with Crippen LogP contribution < -0.4 is 11.1 Å². The third-order valence-corrected chi connectivity index (χ3v) is 4.31. The van der Waals surface area contributed by atoms with E-state index >= 15 is 0 Å². The molecule has 5 nitrogen and oxygen atoms in total. The lowest BCUT2D eigenvalue weighted by atomic mass is 9.85. The number of amides is 1. The second-order valence-electron chi connectivity index (χ2n) is 5.86. The first-order valence-corrected chi connectivity index (χ1v) is 7.81. The number of aromatic hydroxyl groups is 1. The van der Waals surface area contributed by atoms with Crippen LogP contribution in [0.25, 0.3) is 0 Å². The van der Waals surface area contributed by atoms with Gasteiger partial charge in [-0.05, 0) is 30.4 Å². The summed E-state index contributed by atoms with van der Waals surface area (Å²) in [5, 5.41) is 12.3. The number of carbonyl (C=O) groups excluding carboxylic acids is 1. The average Bonchev–Trinajstić information content (AvgIpc) is 2.75. The molecule has 0 spiro atoms. The first kappa shape index (κ1) is 15.8. The molecule has 0 radical (unpaired) electrons. The Kier molecular flexibility index (Phi) is 5.99. The number of nitrogens with one attached hydrogen (secondary N) is 1. The Morgan fingerprint density at radius 1 is 1.33 bits per heavy atom. The van der Waals surface area contributed by atoms with E-state index in [9.17, 15) is 9.90 Å². The topological polar surface area (TPSA) is 88.2 Å². The monoisotopic (exact) mass is 291 g/mol. The summed E-state index contributed by atoms with van der Waals surface area (Å²) in [5.41, 5.74) is 6.63. The Balaban J connectivity index is 1.90. The molecule has 0 aromatic carbocycles. The van der Waals surface area contributed by atoms with Gasteiger partial charge in [-0.2, -0.15) is 0 Å². The third kappa shape index (κ3) is 4.70. The van der Waals surface area contributed by atoms with Crippen molar-refractivity contribution >= 4 is 5.91 Å². The maximum absolute atomic E-state index is 12.4. The van der Waals surface area contributed by atoms with Crippen LogP contribution >= 0.6 is 0 Å². The molecule has 1 atom stereocenters. The molecule has 1 unspecified atom stereocenters. The third-order valence-electron chi connectivity index (χ3n) is 4.31. The molecule has 1 aliphatic carbocycles. The first-order chi connectivity index (χ1) is 10.2. The van der Waals surface area contributed by atoms with Crippen LogP contribution in [0.1, 0.15) is 44.1 Å². The second kappa shape index (κ2) is 7.98. The SMILES string of the molecule is NCC(C(=O)NCc1cncc(O)c1)C1CCCCCC1. The van der Waals surface area contributed by atoms with Gasteiger partial charge in [0.2, 0.25) is 5.91 Å². The minimum Gasteiger partial charge on any atom is -0.506 e. The van der Waals surface area contributed by atoms with Crippen molar-refractivity contribution in [1.29, 1.82) is 0 Å². The number of nitrogens with two attached hydrogens (primary N) is 1. The molecule has 5 heteroatoms. The number of nitrogens with zero attached hydrogens (tertiary/aromatic N) is 1.